The molecule has 1 heterocycles. The zero-order valence-corrected chi connectivity index (χ0v) is 12.9. The van der Waals surface area contributed by atoms with Gasteiger partial charge in [-0.05, 0) is 57.4 Å². The maximum atomic E-state index is 11.6. The van der Waals surface area contributed by atoms with E-state index in [1.165, 1.54) is 5.56 Å². The number of nitrogens with one attached hydrogen (secondary N) is 2. The molecule has 1 aliphatic rings. The van der Waals surface area contributed by atoms with Crippen molar-refractivity contribution in [3.8, 4) is 0 Å². The Balaban J connectivity index is 1.85. The van der Waals surface area contributed by atoms with Gasteiger partial charge < -0.3 is 15.4 Å². The van der Waals surface area contributed by atoms with Crippen molar-refractivity contribution >= 4 is 23.4 Å². The first-order valence-electron chi connectivity index (χ1n) is 6.85. The number of ether oxygens (including phenoxy) is 1. The molecule has 2 N–H and O–H groups in total. The number of halogens is 1. The van der Waals surface area contributed by atoms with Crippen LogP contribution in [0.25, 0.3) is 0 Å². The first kappa shape index (κ1) is 15.0. The molecule has 0 radical (unpaired) electrons. The van der Waals surface area contributed by atoms with Gasteiger partial charge in [0.15, 0.2) is 0 Å². The molecule has 1 aromatic carbocycles. The van der Waals surface area contributed by atoms with Gasteiger partial charge in [-0.25, -0.2) is 4.79 Å². The third-order valence-electron chi connectivity index (χ3n) is 3.08. The van der Waals surface area contributed by atoms with Crippen LogP contribution in [-0.4, -0.2) is 24.3 Å². The topological polar surface area (TPSA) is 50.4 Å². The van der Waals surface area contributed by atoms with E-state index >= 15 is 0 Å². The van der Waals surface area contributed by atoms with E-state index in [1.807, 2.05) is 39.0 Å². The first-order valence-corrected chi connectivity index (χ1v) is 7.23. The second-order valence-corrected chi connectivity index (χ2v) is 6.50. The zero-order valence-electron chi connectivity index (χ0n) is 12.1. The Morgan fingerprint density at radius 1 is 1.50 bits per heavy atom. The monoisotopic (exact) mass is 296 g/mol. The highest BCUT2D eigenvalue weighted by atomic mass is 35.5. The van der Waals surface area contributed by atoms with Crippen molar-refractivity contribution in [1.82, 2.24) is 5.32 Å². The summed E-state index contributed by atoms with van der Waals surface area (Å²) in [5.74, 6) is 0. The Morgan fingerprint density at radius 2 is 2.25 bits per heavy atom. The standard InChI is InChI=1S/C15H21ClN2O2/c1-15(2,3)20-14(19)17-9-12-6-4-10-8-11(16)5-7-13(10)18-12/h5,7-8,12,18H,4,6,9H2,1-3H3,(H,17,19). The van der Waals surface area contributed by atoms with E-state index in [0.717, 1.165) is 23.6 Å². The number of benzene rings is 1. The summed E-state index contributed by atoms with van der Waals surface area (Å²) in [5.41, 5.74) is 1.86. The lowest BCUT2D eigenvalue weighted by Gasteiger charge is -2.28. The average Bonchev–Trinajstić information content (AvgIpc) is 2.34. The van der Waals surface area contributed by atoms with Crippen molar-refractivity contribution in [1.29, 1.82) is 0 Å². The lowest BCUT2D eigenvalue weighted by Crippen LogP contribution is -2.41. The lowest BCUT2D eigenvalue weighted by atomic mass is 9.98. The highest BCUT2D eigenvalue weighted by Crippen LogP contribution is 2.27. The highest BCUT2D eigenvalue weighted by Gasteiger charge is 2.20. The summed E-state index contributed by atoms with van der Waals surface area (Å²) < 4.78 is 5.22. The van der Waals surface area contributed by atoms with Crippen LogP contribution in [0.3, 0.4) is 0 Å². The summed E-state index contributed by atoms with van der Waals surface area (Å²) in [5, 5.41) is 6.97. The van der Waals surface area contributed by atoms with Gasteiger partial charge in [0.25, 0.3) is 0 Å². The predicted molar refractivity (Wildman–Crippen MR) is 81.4 cm³/mol. The third-order valence-corrected chi connectivity index (χ3v) is 3.32. The van der Waals surface area contributed by atoms with E-state index in [9.17, 15) is 4.79 Å². The average molecular weight is 297 g/mol. The van der Waals surface area contributed by atoms with Crippen LogP contribution in [0.5, 0.6) is 0 Å². The largest absolute Gasteiger partial charge is 0.444 e. The van der Waals surface area contributed by atoms with Crippen molar-refractivity contribution in [2.24, 2.45) is 0 Å². The summed E-state index contributed by atoms with van der Waals surface area (Å²) in [4.78, 5) is 11.6. The number of amides is 1. The quantitative estimate of drug-likeness (QED) is 0.877. The number of hydrogen-bond acceptors (Lipinski definition) is 3. The van der Waals surface area contributed by atoms with Crippen molar-refractivity contribution in [2.75, 3.05) is 11.9 Å². The minimum Gasteiger partial charge on any atom is -0.444 e. The molecular formula is C15H21ClN2O2. The molecule has 4 nitrogen and oxygen atoms in total. The molecule has 20 heavy (non-hydrogen) atoms. The number of alkyl carbamates (subject to hydrolysis) is 1. The molecule has 1 atom stereocenters. The van der Waals surface area contributed by atoms with Crippen LogP contribution < -0.4 is 10.6 Å². The predicted octanol–water partition coefficient (Wildman–Crippen LogP) is 3.59. The van der Waals surface area contributed by atoms with Crippen LogP contribution in [0.2, 0.25) is 5.02 Å². The summed E-state index contributed by atoms with van der Waals surface area (Å²) in [6, 6.07) is 6.06. The van der Waals surface area contributed by atoms with E-state index < -0.39 is 5.60 Å². The summed E-state index contributed by atoms with van der Waals surface area (Å²) in [7, 11) is 0. The number of anilines is 1. The Bertz CT molecular complexity index is 497. The molecule has 0 spiro atoms. The van der Waals surface area contributed by atoms with Gasteiger partial charge in [-0.1, -0.05) is 11.6 Å². The van der Waals surface area contributed by atoms with Gasteiger partial charge in [0.05, 0.1) is 0 Å². The summed E-state index contributed by atoms with van der Waals surface area (Å²) in [6.45, 7) is 6.11. The van der Waals surface area contributed by atoms with E-state index in [0.29, 0.717) is 6.54 Å². The molecular weight excluding hydrogens is 276 g/mol. The maximum Gasteiger partial charge on any atom is 0.407 e. The molecule has 1 amide bonds. The molecule has 1 aromatic rings. The highest BCUT2D eigenvalue weighted by molar-refractivity contribution is 6.30. The van der Waals surface area contributed by atoms with Crippen molar-refractivity contribution in [2.45, 2.75) is 45.3 Å². The van der Waals surface area contributed by atoms with Crippen LogP contribution in [0.1, 0.15) is 32.8 Å². The Hall–Kier alpha value is -1.42. The lowest BCUT2D eigenvalue weighted by molar-refractivity contribution is 0.0525. The Kier molecular flexibility index (Phi) is 4.43. The molecule has 5 heteroatoms. The number of fused-ring (bicyclic) bond motifs is 1. The molecule has 0 aliphatic carbocycles. The van der Waals surface area contributed by atoms with Gasteiger partial charge in [0, 0.05) is 23.3 Å². The number of carbonyl (C=O) groups excluding carboxylic acids is 1. The molecule has 0 aromatic heterocycles. The van der Waals surface area contributed by atoms with Gasteiger partial charge >= 0.3 is 6.09 Å². The van der Waals surface area contributed by atoms with Gasteiger partial charge in [0.1, 0.15) is 5.60 Å². The molecule has 1 unspecified atom stereocenters. The smallest absolute Gasteiger partial charge is 0.407 e. The Labute approximate surface area is 124 Å². The van der Waals surface area contributed by atoms with Crippen molar-refractivity contribution in [3.63, 3.8) is 0 Å². The van der Waals surface area contributed by atoms with Gasteiger partial charge in [-0.15, -0.1) is 0 Å². The summed E-state index contributed by atoms with van der Waals surface area (Å²) in [6.07, 6.45) is 1.55. The maximum absolute atomic E-state index is 11.6. The van der Waals surface area contributed by atoms with E-state index in [2.05, 4.69) is 10.6 Å². The molecule has 0 fully saturated rings. The minimum atomic E-state index is -0.465. The van der Waals surface area contributed by atoms with Crippen LogP contribution in [-0.2, 0) is 11.2 Å². The van der Waals surface area contributed by atoms with Gasteiger partial charge in [-0.3, -0.25) is 0 Å². The number of hydrogen-bond donors (Lipinski definition) is 2. The SMILES string of the molecule is CC(C)(C)OC(=O)NCC1CCc2cc(Cl)ccc2N1. The van der Waals surface area contributed by atoms with Crippen molar-refractivity contribution < 1.29 is 9.53 Å². The second kappa shape index (κ2) is 5.92. The van der Waals surface area contributed by atoms with Crippen LogP contribution in [0, 0.1) is 0 Å². The summed E-state index contributed by atoms with van der Waals surface area (Å²) >= 11 is 5.98. The fourth-order valence-electron chi connectivity index (χ4n) is 2.21. The van der Waals surface area contributed by atoms with Crippen LogP contribution in [0.15, 0.2) is 18.2 Å². The van der Waals surface area contributed by atoms with Crippen LogP contribution in [0.4, 0.5) is 10.5 Å². The van der Waals surface area contributed by atoms with Gasteiger partial charge in [-0.2, -0.15) is 0 Å². The fourth-order valence-corrected chi connectivity index (χ4v) is 2.40. The Morgan fingerprint density at radius 3 is 2.95 bits per heavy atom. The normalized spacial score (nSPS) is 17.9. The molecule has 2 rings (SSSR count). The van der Waals surface area contributed by atoms with Crippen LogP contribution >= 0.6 is 11.6 Å². The zero-order chi connectivity index (χ0) is 14.8. The third kappa shape index (κ3) is 4.30. The molecule has 1 aliphatic heterocycles. The molecule has 110 valence electrons. The first-order chi connectivity index (χ1) is 9.33. The minimum absolute atomic E-state index is 0.219. The van der Waals surface area contributed by atoms with E-state index in [1.54, 1.807) is 0 Å². The number of aryl methyl sites for hydroxylation is 1. The van der Waals surface area contributed by atoms with Gasteiger partial charge in [0.2, 0.25) is 0 Å². The van der Waals surface area contributed by atoms with E-state index in [4.69, 9.17) is 16.3 Å². The number of carbonyl (C=O) groups is 1. The molecule has 0 saturated carbocycles. The second-order valence-electron chi connectivity index (χ2n) is 6.06. The molecule has 0 bridgehead atoms. The van der Waals surface area contributed by atoms with E-state index in [-0.39, 0.29) is 12.1 Å². The fraction of sp³-hybridized carbons (Fsp3) is 0.533. The number of rotatable bonds is 2. The van der Waals surface area contributed by atoms with Crippen molar-refractivity contribution in [3.05, 3.63) is 28.8 Å². The molecule has 0 saturated heterocycles.